The molecule has 32 heavy (non-hydrogen) atoms. The van der Waals surface area contributed by atoms with Crippen LogP contribution >= 0.6 is 11.6 Å². The lowest BCUT2D eigenvalue weighted by Gasteiger charge is -2.31. The van der Waals surface area contributed by atoms with Gasteiger partial charge in [0.25, 0.3) is 0 Å². The molecule has 1 aliphatic rings. The van der Waals surface area contributed by atoms with Crippen LogP contribution in [0.4, 0.5) is 10.5 Å². The maximum absolute atomic E-state index is 13.8. The zero-order chi connectivity index (χ0) is 22.2. The highest BCUT2D eigenvalue weighted by molar-refractivity contribution is 6.30. The molecule has 0 unspecified atom stereocenters. The second kappa shape index (κ2) is 8.21. The number of nitrogens with zero attached hydrogens (tertiary/aromatic N) is 2. The van der Waals surface area contributed by atoms with Gasteiger partial charge in [0.2, 0.25) is 0 Å². The lowest BCUT2D eigenvalue weighted by Crippen LogP contribution is -2.38. The SMILES string of the molecule is Cc1cccc(NC(=O)N2Cc3ccccc3-n3cccc3[C@@H]2c2cccc(Cl)c2)c1C. The molecule has 0 saturated carbocycles. The van der Waals surface area contributed by atoms with Gasteiger partial charge >= 0.3 is 6.03 Å². The van der Waals surface area contributed by atoms with E-state index in [0.29, 0.717) is 11.6 Å². The average Bonchev–Trinajstić information content (AvgIpc) is 3.21. The van der Waals surface area contributed by atoms with Gasteiger partial charge in [-0.3, -0.25) is 0 Å². The molecule has 0 aliphatic carbocycles. The van der Waals surface area contributed by atoms with Crippen LogP contribution in [-0.4, -0.2) is 15.5 Å². The lowest BCUT2D eigenvalue weighted by atomic mass is 10.0. The molecule has 5 rings (SSSR count). The number of carbonyl (C=O) groups excluding carboxylic acids is 1. The topological polar surface area (TPSA) is 37.3 Å². The third-order valence-electron chi connectivity index (χ3n) is 6.24. The first-order valence-electron chi connectivity index (χ1n) is 10.7. The summed E-state index contributed by atoms with van der Waals surface area (Å²) in [5, 5.41) is 3.81. The molecule has 0 saturated heterocycles. The Bertz CT molecular complexity index is 1310. The highest BCUT2D eigenvalue weighted by Crippen LogP contribution is 2.37. The molecule has 1 aromatic heterocycles. The molecule has 0 bridgehead atoms. The quantitative estimate of drug-likeness (QED) is 0.361. The van der Waals surface area contributed by atoms with Gasteiger partial charge in [-0.05, 0) is 72.5 Å². The van der Waals surface area contributed by atoms with Crippen molar-refractivity contribution in [3.63, 3.8) is 0 Å². The van der Waals surface area contributed by atoms with Crippen molar-refractivity contribution in [2.45, 2.75) is 26.4 Å². The van der Waals surface area contributed by atoms with E-state index in [4.69, 9.17) is 11.6 Å². The Balaban J connectivity index is 1.65. The molecule has 1 aliphatic heterocycles. The van der Waals surface area contributed by atoms with Gasteiger partial charge in [0.05, 0.1) is 18.3 Å². The number of urea groups is 1. The van der Waals surface area contributed by atoms with Crippen LogP contribution < -0.4 is 5.32 Å². The molecule has 1 atom stereocenters. The van der Waals surface area contributed by atoms with Gasteiger partial charge in [-0.15, -0.1) is 0 Å². The van der Waals surface area contributed by atoms with Crippen molar-refractivity contribution >= 4 is 23.3 Å². The standard InChI is InChI=1S/C27H24ClN3O/c1-18-8-5-12-23(19(18)2)29-27(32)31-17-21-9-3-4-13-24(21)30-15-7-14-25(30)26(31)20-10-6-11-22(28)16-20/h3-16,26H,17H2,1-2H3,(H,29,32)/t26-/m0/s1. The Labute approximate surface area is 193 Å². The summed E-state index contributed by atoms with van der Waals surface area (Å²) in [5.41, 5.74) is 7.21. The van der Waals surface area contributed by atoms with Gasteiger partial charge in [-0.25, -0.2) is 4.79 Å². The monoisotopic (exact) mass is 441 g/mol. The Morgan fingerprint density at radius 2 is 1.78 bits per heavy atom. The van der Waals surface area contributed by atoms with Crippen LogP contribution in [0.15, 0.2) is 85.1 Å². The van der Waals surface area contributed by atoms with Gasteiger partial charge in [0, 0.05) is 22.6 Å². The number of halogens is 1. The van der Waals surface area contributed by atoms with Crippen LogP contribution in [0.3, 0.4) is 0 Å². The van der Waals surface area contributed by atoms with Gasteiger partial charge < -0.3 is 14.8 Å². The van der Waals surface area contributed by atoms with Crippen molar-refractivity contribution in [3.05, 3.63) is 118 Å². The number of fused-ring (bicyclic) bond motifs is 3. The molecule has 2 heterocycles. The molecule has 0 spiro atoms. The van der Waals surface area contributed by atoms with E-state index in [0.717, 1.165) is 39.3 Å². The molecule has 4 aromatic rings. The van der Waals surface area contributed by atoms with E-state index in [-0.39, 0.29) is 12.1 Å². The molecule has 1 N–H and O–H groups in total. The fourth-order valence-electron chi connectivity index (χ4n) is 4.44. The smallest absolute Gasteiger partial charge is 0.318 e. The Morgan fingerprint density at radius 3 is 2.62 bits per heavy atom. The third-order valence-corrected chi connectivity index (χ3v) is 6.47. The van der Waals surface area contributed by atoms with Crippen LogP contribution in [-0.2, 0) is 6.54 Å². The third kappa shape index (κ3) is 3.57. The van der Waals surface area contributed by atoms with E-state index in [1.54, 1.807) is 0 Å². The average molecular weight is 442 g/mol. The van der Waals surface area contributed by atoms with Gasteiger partial charge in [0.1, 0.15) is 0 Å². The summed E-state index contributed by atoms with van der Waals surface area (Å²) in [6.07, 6.45) is 2.05. The number of nitrogens with one attached hydrogen (secondary N) is 1. The van der Waals surface area contributed by atoms with E-state index in [2.05, 4.69) is 47.3 Å². The normalized spacial score (nSPS) is 15.0. The van der Waals surface area contributed by atoms with Crippen molar-refractivity contribution in [3.8, 4) is 5.69 Å². The minimum absolute atomic E-state index is 0.145. The van der Waals surface area contributed by atoms with Crippen molar-refractivity contribution in [1.29, 1.82) is 0 Å². The second-order valence-electron chi connectivity index (χ2n) is 8.19. The van der Waals surface area contributed by atoms with Crippen LogP contribution in [0.2, 0.25) is 5.02 Å². The minimum Gasteiger partial charge on any atom is -0.318 e. The summed E-state index contributed by atoms with van der Waals surface area (Å²) in [4.78, 5) is 15.7. The molecular weight excluding hydrogens is 418 g/mol. The van der Waals surface area contributed by atoms with E-state index >= 15 is 0 Å². The number of carbonyl (C=O) groups is 1. The Hall–Kier alpha value is -3.50. The van der Waals surface area contributed by atoms with Crippen LogP contribution in [0.5, 0.6) is 0 Å². The minimum atomic E-state index is -0.291. The van der Waals surface area contributed by atoms with Crippen molar-refractivity contribution in [2.24, 2.45) is 0 Å². The van der Waals surface area contributed by atoms with Crippen molar-refractivity contribution in [2.75, 3.05) is 5.32 Å². The molecule has 0 radical (unpaired) electrons. The zero-order valence-corrected chi connectivity index (χ0v) is 18.8. The number of hydrogen-bond acceptors (Lipinski definition) is 1. The number of aryl methyl sites for hydroxylation is 1. The molecule has 4 nitrogen and oxygen atoms in total. The van der Waals surface area contributed by atoms with E-state index < -0.39 is 0 Å². The number of anilines is 1. The second-order valence-corrected chi connectivity index (χ2v) is 8.63. The van der Waals surface area contributed by atoms with Crippen molar-refractivity contribution in [1.82, 2.24) is 9.47 Å². The fraction of sp³-hybridized carbons (Fsp3) is 0.148. The number of para-hydroxylation sites is 1. The molecule has 0 fully saturated rings. The highest BCUT2D eigenvalue weighted by atomic mass is 35.5. The number of rotatable bonds is 2. The largest absolute Gasteiger partial charge is 0.322 e. The summed E-state index contributed by atoms with van der Waals surface area (Å²) in [6.45, 7) is 4.56. The summed E-state index contributed by atoms with van der Waals surface area (Å²) >= 11 is 6.36. The van der Waals surface area contributed by atoms with Crippen LogP contribution in [0, 0.1) is 13.8 Å². The van der Waals surface area contributed by atoms with Gasteiger partial charge in [0.15, 0.2) is 0 Å². The maximum atomic E-state index is 13.8. The molecule has 5 heteroatoms. The zero-order valence-electron chi connectivity index (χ0n) is 18.0. The summed E-state index contributed by atoms with van der Waals surface area (Å²) in [6, 6.07) is 25.6. The molecule has 3 aromatic carbocycles. The maximum Gasteiger partial charge on any atom is 0.322 e. The van der Waals surface area contributed by atoms with Gasteiger partial charge in [-0.1, -0.05) is 54.1 Å². The summed E-state index contributed by atoms with van der Waals surface area (Å²) in [5.74, 6) is 0. The van der Waals surface area contributed by atoms with Gasteiger partial charge in [-0.2, -0.15) is 0 Å². The number of benzene rings is 3. The highest BCUT2D eigenvalue weighted by Gasteiger charge is 2.33. The van der Waals surface area contributed by atoms with Crippen molar-refractivity contribution < 1.29 is 4.79 Å². The number of aromatic nitrogens is 1. The van der Waals surface area contributed by atoms with Crippen LogP contribution in [0.1, 0.15) is 34.0 Å². The first-order chi connectivity index (χ1) is 15.5. The lowest BCUT2D eigenvalue weighted by molar-refractivity contribution is 0.194. The number of amides is 2. The summed E-state index contributed by atoms with van der Waals surface area (Å²) in [7, 11) is 0. The van der Waals surface area contributed by atoms with E-state index in [1.807, 2.05) is 66.4 Å². The summed E-state index contributed by atoms with van der Waals surface area (Å²) < 4.78 is 2.17. The first-order valence-corrected chi connectivity index (χ1v) is 11.1. The molecular formula is C27H24ClN3O. The first kappa shape index (κ1) is 20.4. The predicted molar refractivity (Wildman–Crippen MR) is 130 cm³/mol. The van der Waals surface area contributed by atoms with Crippen LogP contribution in [0.25, 0.3) is 5.69 Å². The predicted octanol–water partition coefficient (Wildman–Crippen LogP) is 6.88. The molecule has 160 valence electrons. The Kier molecular flexibility index (Phi) is 5.24. The molecule has 2 amide bonds. The van der Waals surface area contributed by atoms with E-state index in [1.165, 1.54) is 0 Å². The fourth-order valence-corrected chi connectivity index (χ4v) is 4.64. The van der Waals surface area contributed by atoms with E-state index in [9.17, 15) is 4.79 Å². The number of hydrogen-bond donors (Lipinski definition) is 1. The Morgan fingerprint density at radius 1 is 0.969 bits per heavy atom.